The van der Waals surface area contributed by atoms with Gasteiger partial charge in [-0.05, 0) is 38.7 Å². The monoisotopic (exact) mass is 314 g/mol. The molecule has 0 spiro atoms. The first kappa shape index (κ1) is 16.0. The van der Waals surface area contributed by atoms with Crippen LogP contribution >= 0.6 is 0 Å². The quantitative estimate of drug-likeness (QED) is 0.935. The molecule has 0 aliphatic carbocycles. The van der Waals surface area contributed by atoms with Crippen molar-refractivity contribution < 1.29 is 4.74 Å². The fourth-order valence-corrected chi connectivity index (χ4v) is 3.36. The molecule has 0 fully saturated rings. The van der Waals surface area contributed by atoms with Gasteiger partial charge in [-0.3, -0.25) is 0 Å². The lowest BCUT2D eigenvalue weighted by molar-refractivity contribution is 0.161. The molecule has 1 aliphatic rings. The lowest BCUT2D eigenvalue weighted by atomic mass is 10.0. The summed E-state index contributed by atoms with van der Waals surface area (Å²) in [7, 11) is 0. The molecule has 3 rings (SSSR count). The average Bonchev–Trinajstić information content (AvgIpc) is 2.78. The molecule has 0 saturated heterocycles. The second-order valence-corrected chi connectivity index (χ2v) is 6.80. The Kier molecular flexibility index (Phi) is 4.15. The molecule has 0 bridgehead atoms. The maximum absolute atomic E-state index is 6.44. The van der Waals surface area contributed by atoms with Crippen molar-refractivity contribution in [2.45, 2.75) is 53.0 Å². The molecule has 3 heterocycles. The Morgan fingerprint density at radius 1 is 1.22 bits per heavy atom. The number of aryl methyl sites for hydroxylation is 1. The summed E-state index contributed by atoms with van der Waals surface area (Å²) in [6, 6.07) is 0.256. The molecule has 2 aromatic rings. The SMILES string of the molecule is Cc1nc2c(nc1C1=CCOCC1)c(C(C)C)c(N)n2C(C)C. The van der Waals surface area contributed by atoms with Gasteiger partial charge in [-0.25, -0.2) is 9.97 Å². The number of anilines is 1. The summed E-state index contributed by atoms with van der Waals surface area (Å²) >= 11 is 0. The zero-order chi connectivity index (χ0) is 16.7. The number of nitrogens with two attached hydrogens (primary N) is 1. The van der Waals surface area contributed by atoms with E-state index in [1.165, 1.54) is 5.57 Å². The lowest BCUT2D eigenvalue weighted by Gasteiger charge is -2.15. The molecule has 5 nitrogen and oxygen atoms in total. The van der Waals surface area contributed by atoms with Crippen LogP contribution in [0.4, 0.5) is 5.82 Å². The Hall–Kier alpha value is -1.88. The third-order valence-corrected chi connectivity index (χ3v) is 4.43. The van der Waals surface area contributed by atoms with E-state index in [9.17, 15) is 0 Å². The number of hydrogen-bond donors (Lipinski definition) is 1. The largest absolute Gasteiger partial charge is 0.385 e. The molecular formula is C18H26N4O. The first-order chi connectivity index (χ1) is 10.9. The van der Waals surface area contributed by atoms with Crippen molar-refractivity contribution in [3.05, 3.63) is 23.0 Å². The molecule has 0 saturated carbocycles. The number of nitrogen functional groups attached to an aromatic ring is 1. The molecular weight excluding hydrogens is 288 g/mol. The maximum atomic E-state index is 6.44. The van der Waals surface area contributed by atoms with Gasteiger partial charge in [0.15, 0.2) is 5.65 Å². The van der Waals surface area contributed by atoms with Crippen molar-refractivity contribution in [1.82, 2.24) is 14.5 Å². The lowest BCUT2D eigenvalue weighted by Crippen LogP contribution is -2.09. The van der Waals surface area contributed by atoms with Crippen molar-refractivity contribution in [3.8, 4) is 0 Å². The summed E-state index contributed by atoms with van der Waals surface area (Å²) in [5, 5.41) is 0. The van der Waals surface area contributed by atoms with E-state index in [4.69, 9.17) is 20.4 Å². The summed E-state index contributed by atoms with van der Waals surface area (Å²) in [4.78, 5) is 9.87. The van der Waals surface area contributed by atoms with Gasteiger partial charge in [-0.2, -0.15) is 0 Å². The average molecular weight is 314 g/mol. The molecule has 23 heavy (non-hydrogen) atoms. The Labute approximate surface area is 137 Å². The van der Waals surface area contributed by atoms with Gasteiger partial charge >= 0.3 is 0 Å². The Morgan fingerprint density at radius 2 is 1.96 bits per heavy atom. The fraction of sp³-hybridized carbons (Fsp3) is 0.556. The molecule has 0 unspecified atom stereocenters. The van der Waals surface area contributed by atoms with Gasteiger partial charge in [0, 0.05) is 11.6 Å². The van der Waals surface area contributed by atoms with Crippen LogP contribution in [0.15, 0.2) is 6.08 Å². The summed E-state index contributed by atoms with van der Waals surface area (Å²) < 4.78 is 7.52. The minimum absolute atomic E-state index is 0.256. The zero-order valence-electron chi connectivity index (χ0n) is 14.7. The van der Waals surface area contributed by atoms with Crippen LogP contribution in [-0.4, -0.2) is 27.7 Å². The predicted octanol–water partition coefficient (Wildman–Crippen LogP) is 3.83. The second-order valence-electron chi connectivity index (χ2n) is 6.80. The van der Waals surface area contributed by atoms with Crippen LogP contribution in [0, 0.1) is 6.92 Å². The molecule has 1 aliphatic heterocycles. The minimum Gasteiger partial charge on any atom is -0.385 e. The number of aromatic nitrogens is 3. The first-order valence-electron chi connectivity index (χ1n) is 8.36. The van der Waals surface area contributed by atoms with Crippen LogP contribution in [0.2, 0.25) is 0 Å². The molecule has 2 aromatic heterocycles. The number of hydrogen-bond acceptors (Lipinski definition) is 4. The highest BCUT2D eigenvalue weighted by Gasteiger charge is 2.23. The van der Waals surface area contributed by atoms with E-state index in [2.05, 4.69) is 38.3 Å². The number of rotatable bonds is 3. The van der Waals surface area contributed by atoms with E-state index in [0.717, 1.165) is 47.0 Å². The van der Waals surface area contributed by atoms with E-state index < -0.39 is 0 Å². The third-order valence-electron chi connectivity index (χ3n) is 4.43. The second kappa shape index (κ2) is 5.96. The normalized spacial score (nSPS) is 15.7. The Bertz CT molecular complexity index is 771. The molecule has 124 valence electrons. The van der Waals surface area contributed by atoms with Gasteiger partial charge in [0.2, 0.25) is 0 Å². The Morgan fingerprint density at radius 3 is 2.52 bits per heavy atom. The highest BCUT2D eigenvalue weighted by Crippen LogP contribution is 2.35. The van der Waals surface area contributed by atoms with Crippen LogP contribution < -0.4 is 5.73 Å². The first-order valence-corrected chi connectivity index (χ1v) is 8.36. The van der Waals surface area contributed by atoms with Crippen molar-refractivity contribution >= 4 is 22.6 Å². The number of fused-ring (bicyclic) bond motifs is 1. The molecule has 0 atom stereocenters. The smallest absolute Gasteiger partial charge is 0.161 e. The third kappa shape index (κ3) is 2.63. The topological polar surface area (TPSA) is 66.0 Å². The summed E-state index contributed by atoms with van der Waals surface area (Å²) in [5.74, 6) is 1.11. The van der Waals surface area contributed by atoms with Gasteiger partial charge < -0.3 is 15.0 Å². The van der Waals surface area contributed by atoms with E-state index in [1.54, 1.807) is 0 Å². The fourth-order valence-electron chi connectivity index (χ4n) is 3.36. The minimum atomic E-state index is 0.256. The van der Waals surface area contributed by atoms with E-state index in [-0.39, 0.29) is 6.04 Å². The highest BCUT2D eigenvalue weighted by molar-refractivity contribution is 5.85. The van der Waals surface area contributed by atoms with Crippen molar-refractivity contribution in [1.29, 1.82) is 0 Å². The molecule has 5 heteroatoms. The zero-order valence-corrected chi connectivity index (χ0v) is 14.7. The van der Waals surface area contributed by atoms with Crippen molar-refractivity contribution in [3.63, 3.8) is 0 Å². The van der Waals surface area contributed by atoms with Gasteiger partial charge in [-0.1, -0.05) is 19.9 Å². The van der Waals surface area contributed by atoms with Crippen LogP contribution in [0.5, 0.6) is 0 Å². The summed E-state index contributed by atoms with van der Waals surface area (Å²) in [6.45, 7) is 12.0. The van der Waals surface area contributed by atoms with Crippen molar-refractivity contribution in [2.75, 3.05) is 18.9 Å². The van der Waals surface area contributed by atoms with Gasteiger partial charge in [-0.15, -0.1) is 0 Å². The van der Waals surface area contributed by atoms with Gasteiger partial charge in [0.1, 0.15) is 11.3 Å². The highest BCUT2D eigenvalue weighted by atomic mass is 16.5. The van der Waals surface area contributed by atoms with Crippen LogP contribution in [0.1, 0.15) is 63.0 Å². The van der Waals surface area contributed by atoms with Gasteiger partial charge in [0.25, 0.3) is 0 Å². The molecule has 0 radical (unpaired) electrons. The van der Waals surface area contributed by atoms with E-state index >= 15 is 0 Å². The van der Waals surface area contributed by atoms with Crippen LogP contribution in [0.25, 0.3) is 16.7 Å². The molecule has 2 N–H and O–H groups in total. The standard InChI is InChI=1S/C18H26N4O/c1-10(2)14-16-18(22(11(3)4)17(14)19)20-12(5)15(21-16)13-6-8-23-9-7-13/h6,10-11H,7-9,19H2,1-5H3. The van der Waals surface area contributed by atoms with E-state index in [0.29, 0.717) is 12.5 Å². The maximum Gasteiger partial charge on any atom is 0.161 e. The van der Waals surface area contributed by atoms with Crippen LogP contribution in [0.3, 0.4) is 0 Å². The van der Waals surface area contributed by atoms with Crippen molar-refractivity contribution in [2.24, 2.45) is 0 Å². The molecule has 0 amide bonds. The number of nitrogens with zero attached hydrogens (tertiary/aromatic N) is 3. The van der Waals surface area contributed by atoms with E-state index in [1.807, 2.05) is 6.92 Å². The number of ether oxygens (including phenoxy) is 1. The molecule has 0 aromatic carbocycles. The van der Waals surface area contributed by atoms with Crippen LogP contribution in [-0.2, 0) is 4.74 Å². The summed E-state index contributed by atoms with van der Waals surface area (Å²) in [5.41, 5.74) is 12.6. The Balaban J connectivity index is 2.30. The predicted molar refractivity (Wildman–Crippen MR) is 94.6 cm³/mol. The van der Waals surface area contributed by atoms with Gasteiger partial charge in [0.05, 0.1) is 24.6 Å². The summed E-state index contributed by atoms with van der Waals surface area (Å²) in [6.07, 6.45) is 3.00.